The van der Waals surface area contributed by atoms with Crippen molar-refractivity contribution in [1.82, 2.24) is 0 Å². The number of nitro benzene ring substituents is 1. The van der Waals surface area contributed by atoms with E-state index in [0.29, 0.717) is 0 Å². The molecule has 6 nitrogen and oxygen atoms in total. The van der Waals surface area contributed by atoms with Crippen LogP contribution in [0.25, 0.3) is 0 Å². The van der Waals surface area contributed by atoms with Gasteiger partial charge in [0.25, 0.3) is 0 Å². The Hall–Kier alpha value is -1.82. The summed E-state index contributed by atoms with van der Waals surface area (Å²) < 4.78 is 4.96. The van der Waals surface area contributed by atoms with E-state index in [1.165, 1.54) is 6.07 Å². The fraction of sp³-hybridized carbons (Fsp3) is 0.250. The SMILES string of the molecule is O=[N+]([O-])c1cc(O)cc2c1OCC2O. The number of ether oxygens (including phenoxy) is 1. The Balaban J connectivity index is 2.63. The minimum absolute atomic E-state index is 0.0143. The second-order valence-corrected chi connectivity index (χ2v) is 2.97. The number of aliphatic hydroxyl groups is 1. The van der Waals surface area contributed by atoms with E-state index < -0.39 is 11.0 Å². The highest BCUT2D eigenvalue weighted by Crippen LogP contribution is 2.42. The van der Waals surface area contributed by atoms with E-state index in [-0.39, 0.29) is 29.4 Å². The number of hydrogen-bond acceptors (Lipinski definition) is 5. The number of nitrogens with zero attached hydrogens (tertiary/aromatic N) is 1. The predicted molar refractivity (Wildman–Crippen MR) is 45.2 cm³/mol. The zero-order valence-corrected chi connectivity index (χ0v) is 7.01. The molecular formula is C8H7NO5. The molecule has 2 N–H and O–H groups in total. The van der Waals surface area contributed by atoms with Gasteiger partial charge in [-0.2, -0.15) is 0 Å². The van der Waals surface area contributed by atoms with Crippen molar-refractivity contribution in [3.8, 4) is 11.5 Å². The maximum Gasteiger partial charge on any atom is 0.315 e. The third-order valence-corrected chi connectivity index (χ3v) is 2.02. The maximum absolute atomic E-state index is 10.6. The lowest BCUT2D eigenvalue weighted by Gasteiger charge is -2.01. The molecule has 1 aliphatic rings. The van der Waals surface area contributed by atoms with Gasteiger partial charge < -0.3 is 14.9 Å². The lowest BCUT2D eigenvalue weighted by molar-refractivity contribution is -0.385. The van der Waals surface area contributed by atoms with Crippen LogP contribution in [0, 0.1) is 10.1 Å². The highest BCUT2D eigenvalue weighted by molar-refractivity contribution is 5.58. The summed E-state index contributed by atoms with van der Waals surface area (Å²) in [7, 11) is 0. The number of phenols is 1. The van der Waals surface area contributed by atoms with Crippen LogP contribution in [-0.4, -0.2) is 21.7 Å². The fourth-order valence-corrected chi connectivity index (χ4v) is 1.41. The van der Waals surface area contributed by atoms with Gasteiger partial charge in [0.15, 0.2) is 0 Å². The molecule has 0 saturated heterocycles. The van der Waals surface area contributed by atoms with Crippen LogP contribution in [0.15, 0.2) is 12.1 Å². The summed E-state index contributed by atoms with van der Waals surface area (Å²) in [5.41, 5.74) is -0.0618. The summed E-state index contributed by atoms with van der Waals surface area (Å²) in [4.78, 5) is 9.90. The predicted octanol–water partition coefficient (Wildman–Crippen LogP) is 0.726. The molecule has 1 unspecified atom stereocenters. The van der Waals surface area contributed by atoms with E-state index >= 15 is 0 Å². The smallest absolute Gasteiger partial charge is 0.315 e. The molecule has 0 fully saturated rings. The van der Waals surface area contributed by atoms with Crippen molar-refractivity contribution in [3.05, 3.63) is 27.8 Å². The van der Waals surface area contributed by atoms with Gasteiger partial charge in [0.1, 0.15) is 18.5 Å². The number of phenolic OH excluding ortho intramolecular Hbond substituents is 1. The van der Waals surface area contributed by atoms with Crippen molar-refractivity contribution in [2.75, 3.05) is 6.61 Å². The quantitative estimate of drug-likeness (QED) is 0.511. The number of benzene rings is 1. The van der Waals surface area contributed by atoms with E-state index in [2.05, 4.69) is 0 Å². The summed E-state index contributed by atoms with van der Waals surface area (Å²) in [5, 5.41) is 29.1. The third kappa shape index (κ3) is 1.16. The number of rotatable bonds is 1. The van der Waals surface area contributed by atoms with Gasteiger partial charge in [-0.3, -0.25) is 10.1 Å². The van der Waals surface area contributed by atoms with E-state index in [1.807, 2.05) is 0 Å². The van der Waals surface area contributed by atoms with Crippen LogP contribution in [0.3, 0.4) is 0 Å². The summed E-state index contributed by atoms with van der Waals surface area (Å²) >= 11 is 0. The Bertz CT molecular complexity index is 403. The van der Waals surface area contributed by atoms with Crippen LogP contribution in [0.5, 0.6) is 11.5 Å². The highest BCUT2D eigenvalue weighted by Gasteiger charge is 2.30. The molecule has 6 heteroatoms. The summed E-state index contributed by atoms with van der Waals surface area (Å²) in [5.74, 6) is -0.208. The van der Waals surface area contributed by atoms with Crippen molar-refractivity contribution in [2.45, 2.75) is 6.10 Å². The van der Waals surface area contributed by atoms with Crippen LogP contribution in [-0.2, 0) is 0 Å². The average Bonchev–Trinajstić information content (AvgIpc) is 2.47. The van der Waals surface area contributed by atoms with E-state index in [1.54, 1.807) is 0 Å². The number of nitro groups is 1. The Kier molecular flexibility index (Phi) is 1.78. The number of fused-ring (bicyclic) bond motifs is 1. The monoisotopic (exact) mass is 197 g/mol. The first-order chi connectivity index (χ1) is 6.59. The zero-order valence-electron chi connectivity index (χ0n) is 7.01. The first kappa shape index (κ1) is 8.76. The molecule has 74 valence electrons. The highest BCUT2D eigenvalue weighted by atomic mass is 16.6. The van der Waals surface area contributed by atoms with Gasteiger partial charge in [0.05, 0.1) is 11.0 Å². The molecule has 2 rings (SSSR count). The largest absolute Gasteiger partial charge is 0.508 e. The molecule has 1 aromatic carbocycles. The second-order valence-electron chi connectivity index (χ2n) is 2.97. The van der Waals surface area contributed by atoms with Crippen molar-refractivity contribution in [1.29, 1.82) is 0 Å². The third-order valence-electron chi connectivity index (χ3n) is 2.02. The first-order valence-corrected chi connectivity index (χ1v) is 3.91. The molecule has 0 spiro atoms. The molecule has 0 saturated carbocycles. The summed E-state index contributed by atoms with van der Waals surface area (Å²) in [6.45, 7) is -0.0143. The molecule has 0 radical (unpaired) electrons. The van der Waals surface area contributed by atoms with Gasteiger partial charge in [-0.1, -0.05) is 0 Å². The first-order valence-electron chi connectivity index (χ1n) is 3.91. The van der Waals surface area contributed by atoms with Crippen LogP contribution >= 0.6 is 0 Å². The minimum Gasteiger partial charge on any atom is -0.508 e. The Morgan fingerprint density at radius 1 is 1.57 bits per heavy atom. The Labute approximate surface area is 78.5 Å². The van der Waals surface area contributed by atoms with E-state index in [4.69, 9.17) is 4.74 Å². The molecule has 0 amide bonds. The van der Waals surface area contributed by atoms with Crippen LogP contribution in [0.4, 0.5) is 5.69 Å². The topological polar surface area (TPSA) is 92.8 Å². The lowest BCUT2D eigenvalue weighted by atomic mass is 10.1. The average molecular weight is 197 g/mol. The molecule has 0 bridgehead atoms. The van der Waals surface area contributed by atoms with Gasteiger partial charge in [-0.05, 0) is 6.07 Å². The second kappa shape index (κ2) is 2.85. The Morgan fingerprint density at radius 2 is 2.29 bits per heavy atom. The van der Waals surface area contributed by atoms with E-state index in [9.17, 15) is 20.3 Å². The van der Waals surface area contributed by atoms with Gasteiger partial charge >= 0.3 is 5.69 Å². The fourth-order valence-electron chi connectivity index (χ4n) is 1.41. The normalized spacial score (nSPS) is 18.8. The zero-order chi connectivity index (χ0) is 10.3. The number of aromatic hydroxyl groups is 1. The molecule has 1 atom stereocenters. The molecule has 0 aromatic heterocycles. The molecular weight excluding hydrogens is 190 g/mol. The maximum atomic E-state index is 10.6. The van der Waals surface area contributed by atoms with Gasteiger partial charge in [0.2, 0.25) is 5.75 Å². The van der Waals surface area contributed by atoms with Gasteiger partial charge in [-0.15, -0.1) is 0 Å². The van der Waals surface area contributed by atoms with Crippen molar-refractivity contribution < 1.29 is 19.9 Å². The Morgan fingerprint density at radius 3 is 2.93 bits per heavy atom. The lowest BCUT2D eigenvalue weighted by Crippen LogP contribution is -1.97. The van der Waals surface area contributed by atoms with Crippen LogP contribution < -0.4 is 4.74 Å². The number of hydrogen-bond donors (Lipinski definition) is 2. The van der Waals surface area contributed by atoms with Gasteiger partial charge in [0, 0.05) is 5.56 Å². The molecule has 14 heavy (non-hydrogen) atoms. The molecule has 1 aromatic rings. The van der Waals surface area contributed by atoms with E-state index in [0.717, 1.165) is 6.07 Å². The van der Waals surface area contributed by atoms with Crippen molar-refractivity contribution >= 4 is 5.69 Å². The standard InChI is InChI=1S/C8H7NO5/c10-4-1-5-7(11)3-14-8(5)6(2-4)9(12)13/h1-2,7,10-11H,3H2. The van der Waals surface area contributed by atoms with Crippen molar-refractivity contribution in [2.24, 2.45) is 0 Å². The van der Waals surface area contributed by atoms with Crippen LogP contribution in [0.2, 0.25) is 0 Å². The molecule has 0 aliphatic carbocycles. The summed E-state index contributed by atoms with van der Waals surface area (Å²) in [6.07, 6.45) is -0.907. The van der Waals surface area contributed by atoms with Gasteiger partial charge in [-0.25, -0.2) is 0 Å². The molecule has 1 aliphatic heterocycles. The van der Waals surface area contributed by atoms with Crippen LogP contribution in [0.1, 0.15) is 11.7 Å². The minimum atomic E-state index is -0.907. The molecule has 1 heterocycles. The summed E-state index contributed by atoms with van der Waals surface area (Å²) in [6, 6.07) is 2.26. The van der Waals surface area contributed by atoms with Crippen molar-refractivity contribution in [3.63, 3.8) is 0 Å². The number of aliphatic hydroxyl groups excluding tert-OH is 1.